The summed E-state index contributed by atoms with van der Waals surface area (Å²) < 4.78 is 15.5. The number of nitrogens with zero attached hydrogens (tertiary/aromatic N) is 2. The van der Waals surface area contributed by atoms with Crippen LogP contribution < -0.4 is 9.47 Å². The molecule has 1 aliphatic heterocycles. The molecule has 0 saturated heterocycles. The van der Waals surface area contributed by atoms with Crippen molar-refractivity contribution in [1.82, 2.24) is 5.01 Å². The van der Waals surface area contributed by atoms with Gasteiger partial charge in [0.25, 0.3) is 5.91 Å². The first-order chi connectivity index (χ1) is 13.0. The van der Waals surface area contributed by atoms with Crippen molar-refractivity contribution in [3.8, 4) is 11.5 Å². The lowest BCUT2D eigenvalue weighted by molar-refractivity contribution is -0.151. The van der Waals surface area contributed by atoms with E-state index in [0.717, 1.165) is 16.2 Å². The summed E-state index contributed by atoms with van der Waals surface area (Å²) in [7, 11) is 3.13. The molecule has 1 amide bonds. The summed E-state index contributed by atoms with van der Waals surface area (Å²) in [6.07, 6.45) is 0.557. The predicted molar refractivity (Wildman–Crippen MR) is 101 cm³/mol. The third-order valence-corrected chi connectivity index (χ3v) is 5.08. The zero-order valence-corrected chi connectivity index (χ0v) is 16.1. The fourth-order valence-corrected chi connectivity index (χ4v) is 3.60. The van der Waals surface area contributed by atoms with Crippen LogP contribution in [0.4, 0.5) is 0 Å². The van der Waals surface area contributed by atoms with Gasteiger partial charge in [0, 0.05) is 13.3 Å². The molecular formula is C19H20N2O5S. The molecule has 1 aromatic heterocycles. The van der Waals surface area contributed by atoms with Gasteiger partial charge in [0.2, 0.25) is 0 Å². The molecule has 1 aromatic carbocycles. The zero-order chi connectivity index (χ0) is 19.4. The number of amides is 1. The van der Waals surface area contributed by atoms with E-state index in [0.29, 0.717) is 17.9 Å². The predicted octanol–water partition coefficient (Wildman–Crippen LogP) is 3.01. The van der Waals surface area contributed by atoms with E-state index in [-0.39, 0.29) is 18.6 Å². The molecule has 2 aromatic rings. The molecule has 0 N–H and O–H groups in total. The van der Waals surface area contributed by atoms with Gasteiger partial charge in [-0.1, -0.05) is 12.1 Å². The molecule has 1 atom stereocenters. The number of carbonyl (C=O) groups is 2. The van der Waals surface area contributed by atoms with E-state index in [9.17, 15) is 9.59 Å². The van der Waals surface area contributed by atoms with Crippen molar-refractivity contribution in [1.29, 1.82) is 0 Å². The highest BCUT2D eigenvalue weighted by molar-refractivity contribution is 7.12. The largest absolute Gasteiger partial charge is 0.493 e. The van der Waals surface area contributed by atoms with Crippen LogP contribution in [0.25, 0.3) is 0 Å². The van der Waals surface area contributed by atoms with Crippen molar-refractivity contribution >= 4 is 28.9 Å². The van der Waals surface area contributed by atoms with Gasteiger partial charge in [0.15, 0.2) is 18.1 Å². The molecule has 0 spiro atoms. The molecule has 3 rings (SSSR count). The second kappa shape index (κ2) is 8.22. The van der Waals surface area contributed by atoms with Gasteiger partial charge in [-0.15, -0.1) is 11.3 Å². The maximum atomic E-state index is 12.6. The van der Waals surface area contributed by atoms with Crippen molar-refractivity contribution < 1.29 is 23.8 Å². The molecule has 8 heteroatoms. The fourth-order valence-electron chi connectivity index (χ4n) is 2.88. The van der Waals surface area contributed by atoms with Crippen molar-refractivity contribution in [3.05, 3.63) is 46.2 Å². The van der Waals surface area contributed by atoms with E-state index in [1.165, 1.54) is 11.9 Å². The Labute approximate surface area is 161 Å². The Morgan fingerprint density at radius 2 is 2.00 bits per heavy atom. The number of hydrogen-bond acceptors (Lipinski definition) is 7. The van der Waals surface area contributed by atoms with Crippen molar-refractivity contribution in [2.75, 3.05) is 20.8 Å². The van der Waals surface area contributed by atoms with Gasteiger partial charge in [-0.2, -0.15) is 5.10 Å². The van der Waals surface area contributed by atoms with E-state index in [1.54, 1.807) is 31.6 Å². The first-order valence-corrected chi connectivity index (χ1v) is 9.20. The number of ether oxygens (including phenoxy) is 3. The number of methoxy groups -OCH3 is 2. The minimum Gasteiger partial charge on any atom is -0.493 e. The van der Waals surface area contributed by atoms with Crippen LogP contribution in [0.15, 0.2) is 40.8 Å². The molecular weight excluding hydrogens is 368 g/mol. The Balaban J connectivity index is 1.92. The third kappa shape index (κ3) is 4.11. The van der Waals surface area contributed by atoms with Crippen LogP contribution in [-0.4, -0.2) is 43.4 Å². The summed E-state index contributed by atoms with van der Waals surface area (Å²) in [4.78, 5) is 24.7. The lowest BCUT2D eigenvalue weighted by Crippen LogP contribution is -2.31. The normalized spacial score (nSPS) is 16.0. The van der Waals surface area contributed by atoms with Crippen LogP contribution >= 0.6 is 11.3 Å². The van der Waals surface area contributed by atoms with E-state index in [1.807, 2.05) is 29.6 Å². The van der Waals surface area contributed by atoms with Crippen LogP contribution in [0, 0.1) is 0 Å². The number of esters is 1. The van der Waals surface area contributed by atoms with Crippen LogP contribution in [0.2, 0.25) is 0 Å². The summed E-state index contributed by atoms with van der Waals surface area (Å²) in [5, 5.41) is 7.86. The van der Waals surface area contributed by atoms with Crippen LogP contribution in [0.5, 0.6) is 11.5 Å². The van der Waals surface area contributed by atoms with Crippen molar-refractivity contribution in [3.63, 3.8) is 0 Å². The Morgan fingerprint density at radius 3 is 2.63 bits per heavy atom. The number of carbonyl (C=O) groups excluding carboxylic acids is 2. The van der Waals surface area contributed by atoms with E-state index in [4.69, 9.17) is 14.2 Å². The van der Waals surface area contributed by atoms with Crippen molar-refractivity contribution in [2.45, 2.75) is 19.4 Å². The minimum atomic E-state index is -0.507. The van der Waals surface area contributed by atoms with Crippen LogP contribution in [0.3, 0.4) is 0 Å². The summed E-state index contributed by atoms with van der Waals surface area (Å²) in [6.45, 7) is 0.920. The Kier molecular flexibility index (Phi) is 5.75. The zero-order valence-electron chi connectivity index (χ0n) is 15.3. The van der Waals surface area contributed by atoms with E-state index in [2.05, 4.69) is 5.10 Å². The number of thiophene rings is 1. The topological polar surface area (TPSA) is 77.4 Å². The Bertz CT molecular complexity index is 863. The number of rotatable bonds is 6. The highest BCUT2D eigenvalue weighted by atomic mass is 32.1. The van der Waals surface area contributed by atoms with Gasteiger partial charge in [0.05, 0.1) is 30.9 Å². The Morgan fingerprint density at radius 1 is 1.22 bits per heavy atom. The number of hydrazone groups is 1. The molecule has 0 aliphatic carbocycles. The SMILES string of the molecule is COc1ccc(C2CC(c3cccs3)=NN2C(=O)COC(C)=O)cc1OC. The van der Waals surface area contributed by atoms with Gasteiger partial charge >= 0.3 is 5.97 Å². The monoisotopic (exact) mass is 388 g/mol. The smallest absolute Gasteiger partial charge is 0.303 e. The lowest BCUT2D eigenvalue weighted by atomic mass is 10.0. The average molecular weight is 388 g/mol. The van der Waals surface area contributed by atoms with Gasteiger partial charge < -0.3 is 14.2 Å². The minimum absolute atomic E-state index is 0.315. The maximum absolute atomic E-state index is 12.6. The van der Waals surface area contributed by atoms with E-state index < -0.39 is 5.97 Å². The van der Waals surface area contributed by atoms with Crippen molar-refractivity contribution in [2.24, 2.45) is 5.10 Å². The summed E-state index contributed by atoms with van der Waals surface area (Å²) in [6, 6.07) is 9.11. The molecule has 7 nitrogen and oxygen atoms in total. The molecule has 0 bridgehead atoms. The molecule has 27 heavy (non-hydrogen) atoms. The summed E-state index contributed by atoms with van der Waals surface area (Å²) >= 11 is 1.56. The second-order valence-electron chi connectivity index (χ2n) is 5.88. The van der Waals surface area contributed by atoms with E-state index >= 15 is 0 Å². The summed E-state index contributed by atoms with van der Waals surface area (Å²) in [5.74, 6) is 0.299. The summed E-state index contributed by atoms with van der Waals surface area (Å²) in [5.41, 5.74) is 1.68. The molecule has 0 saturated carbocycles. The second-order valence-corrected chi connectivity index (χ2v) is 6.82. The highest BCUT2D eigenvalue weighted by Crippen LogP contribution is 2.37. The Hall–Kier alpha value is -2.87. The average Bonchev–Trinajstić information content (AvgIpc) is 3.35. The molecule has 0 radical (unpaired) electrons. The van der Waals surface area contributed by atoms with Gasteiger partial charge in [-0.3, -0.25) is 9.59 Å². The first-order valence-electron chi connectivity index (χ1n) is 8.32. The number of benzene rings is 1. The maximum Gasteiger partial charge on any atom is 0.303 e. The lowest BCUT2D eigenvalue weighted by Gasteiger charge is -2.22. The first kappa shape index (κ1) is 18.9. The number of hydrogen-bond donors (Lipinski definition) is 0. The quantitative estimate of drug-likeness (QED) is 0.711. The molecule has 1 aliphatic rings. The van der Waals surface area contributed by atoms with Crippen LogP contribution in [-0.2, 0) is 14.3 Å². The van der Waals surface area contributed by atoms with Gasteiger partial charge in [-0.25, -0.2) is 5.01 Å². The molecule has 0 fully saturated rings. The highest BCUT2D eigenvalue weighted by Gasteiger charge is 2.34. The third-order valence-electron chi connectivity index (χ3n) is 4.16. The standard InChI is InChI=1S/C19H20N2O5S/c1-12(22)26-11-19(23)21-15(10-14(20-21)18-5-4-8-27-18)13-6-7-16(24-2)17(9-13)25-3/h4-9,15H,10-11H2,1-3H3. The van der Waals surface area contributed by atoms with Crippen LogP contribution in [0.1, 0.15) is 29.8 Å². The molecule has 2 heterocycles. The fraction of sp³-hybridized carbons (Fsp3) is 0.316. The van der Waals surface area contributed by atoms with Gasteiger partial charge in [0.1, 0.15) is 0 Å². The van der Waals surface area contributed by atoms with Gasteiger partial charge in [-0.05, 0) is 29.1 Å². The molecule has 142 valence electrons. The molecule has 1 unspecified atom stereocenters.